The van der Waals surface area contributed by atoms with Crippen LogP contribution in [-0.4, -0.2) is 41.1 Å². The van der Waals surface area contributed by atoms with Crippen molar-refractivity contribution >= 4 is 33.3 Å². The molecule has 0 aromatic carbocycles. The molecule has 0 bridgehead atoms. The van der Waals surface area contributed by atoms with Gasteiger partial charge in [-0.3, -0.25) is 0 Å². The predicted octanol–water partition coefficient (Wildman–Crippen LogP) is 3.45. The van der Waals surface area contributed by atoms with E-state index in [0.29, 0.717) is 30.6 Å². The third-order valence-corrected chi connectivity index (χ3v) is 5.70. The van der Waals surface area contributed by atoms with Crippen LogP contribution < -0.4 is 9.80 Å². The molecule has 4 aromatic rings. The molecule has 0 unspecified atom stereocenters. The van der Waals surface area contributed by atoms with Crippen LogP contribution in [0.15, 0.2) is 39.6 Å². The second-order valence-corrected chi connectivity index (χ2v) is 7.74. The lowest BCUT2D eigenvalue weighted by Gasteiger charge is -2.35. The van der Waals surface area contributed by atoms with Crippen molar-refractivity contribution in [3.8, 4) is 17.7 Å². The van der Waals surface area contributed by atoms with Gasteiger partial charge in [-0.1, -0.05) is 0 Å². The second-order valence-electron chi connectivity index (χ2n) is 6.51. The normalized spacial score (nSPS) is 14.6. The number of aryl methyl sites for hydroxylation is 1. The van der Waals surface area contributed by atoms with E-state index in [2.05, 4.69) is 38.9 Å². The Morgan fingerprint density at radius 1 is 1.18 bits per heavy atom. The number of rotatable bonds is 3. The fourth-order valence-electron chi connectivity index (χ4n) is 3.44. The molecule has 8 nitrogen and oxygen atoms in total. The first kappa shape index (κ1) is 16.8. The number of aromatic nitrogens is 3. The first-order valence-corrected chi connectivity index (χ1v) is 9.70. The minimum Gasteiger partial charge on any atom is -0.459 e. The highest BCUT2D eigenvalue weighted by Crippen LogP contribution is 2.32. The highest BCUT2D eigenvalue weighted by atomic mass is 32.1. The van der Waals surface area contributed by atoms with Gasteiger partial charge in [0.2, 0.25) is 11.6 Å². The lowest BCUT2D eigenvalue weighted by atomic mass is 10.2. The molecule has 0 saturated carbocycles. The molecule has 5 rings (SSSR count). The molecule has 9 heteroatoms. The third kappa shape index (κ3) is 2.78. The Hall–Kier alpha value is -3.38. The van der Waals surface area contributed by atoms with E-state index in [9.17, 15) is 5.26 Å². The van der Waals surface area contributed by atoms with Crippen LogP contribution in [0.2, 0.25) is 0 Å². The van der Waals surface area contributed by atoms with Crippen molar-refractivity contribution in [3.05, 3.63) is 41.4 Å². The predicted molar refractivity (Wildman–Crippen MR) is 105 cm³/mol. The molecule has 0 atom stereocenters. The Labute approximate surface area is 164 Å². The Kier molecular flexibility index (Phi) is 3.98. The maximum absolute atomic E-state index is 9.45. The number of nitriles is 1. The van der Waals surface area contributed by atoms with E-state index >= 15 is 0 Å². The SMILES string of the molecule is Cc1cc2c(N3CCN(c4oc(-c5ccco5)nc4C#N)CC3)ncnc2s1. The maximum atomic E-state index is 9.45. The molecule has 28 heavy (non-hydrogen) atoms. The molecule has 140 valence electrons. The van der Waals surface area contributed by atoms with Crippen molar-refractivity contribution in [2.75, 3.05) is 36.0 Å². The van der Waals surface area contributed by atoms with Crippen LogP contribution in [0.25, 0.3) is 21.9 Å². The molecule has 0 amide bonds. The van der Waals surface area contributed by atoms with Gasteiger partial charge in [-0.15, -0.1) is 11.3 Å². The zero-order chi connectivity index (χ0) is 19.1. The molecule has 4 aromatic heterocycles. The van der Waals surface area contributed by atoms with E-state index < -0.39 is 0 Å². The molecule has 1 fully saturated rings. The van der Waals surface area contributed by atoms with Crippen LogP contribution >= 0.6 is 11.3 Å². The van der Waals surface area contributed by atoms with Gasteiger partial charge < -0.3 is 18.6 Å². The number of anilines is 2. The van der Waals surface area contributed by atoms with Gasteiger partial charge in [-0.2, -0.15) is 10.2 Å². The zero-order valence-corrected chi connectivity index (χ0v) is 15.9. The Bertz CT molecular complexity index is 1170. The molecule has 5 heterocycles. The van der Waals surface area contributed by atoms with Crippen LogP contribution in [0.5, 0.6) is 0 Å². The number of furan rings is 1. The van der Waals surface area contributed by atoms with Gasteiger partial charge in [0.1, 0.15) is 23.0 Å². The number of oxazole rings is 1. The smallest absolute Gasteiger partial charge is 0.266 e. The van der Waals surface area contributed by atoms with Crippen molar-refractivity contribution < 1.29 is 8.83 Å². The van der Waals surface area contributed by atoms with Gasteiger partial charge in [0.25, 0.3) is 5.89 Å². The highest BCUT2D eigenvalue weighted by molar-refractivity contribution is 7.18. The quantitative estimate of drug-likeness (QED) is 0.523. The van der Waals surface area contributed by atoms with Crippen molar-refractivity contribution in [3.63, 3.8) is 0 Å². The monoisotopic (exact) mass is 392 g/mol. The third-order valence-electron chi connectivity index (χ3n) is 4.75. The van der Waals surface area contributed by atoms with Crippen LogP contribution in [0.3, 0.4) is 0 Å². The highest BCUT2D eigenvalue weighted by Gasteiger charge is 2.26. The summed E-state index contributed by atoms with van der Waals surface area (Å²) in [5.41, 5.74) is 0.276. The Morgan fingerprint density at radius 2 is 2.00 bits per heavy atom. The summed E-state index contributed by atoms with van der Waals surface area (Å²) in [6, 6.07) is 7.79. The lowest BCUT2D eigenvalue weighted by molar-refractivity contribution is 0.500. The summed E-state index contributed by atoms with van der Waals surface area (Å²) in [7, 11) is 0. The molecule has 0 N–H and O–H groups in total. The van der Waals surface area contributed by atoms with Gasteiger partial charge in [-0.05, 0) is 25.1 Å². The summed E-state index contributed by atoms with van der Waals surface area (Å²) < 4.78 is 11.2. The van der Waals surface area contributed by atoms with Gasteiger partial charge in [0, 0.05) is 31.1 Å². The average Bonchev–Trinajstić information content (AvgIpc) is 3.45. The largest absolute Gasteiger partial charge is 0.459 e. The second kappa shape index (κ2) is 6.65. The van der Waals surface area contributed by atoms with E-state index in [1.807, 2.05) is 4.90 Å². The number of fused-ring (bicyclic) bond motifs is 1. The lowest BCUT2D eigenvalue weighted by Crippen LogP contribution is -2.47. The van der Waals surface area contributed by atoms with E-state index in [-0.39, 0.29) is 5.69 Å². The summed E-state index contributed by atoms with van der Waals surface area (Å²) in [6.45, 7) is 5.02. The van der Waals surface area contributed by atoms with E-state index in [1.165, 1.54) is 4.88 Å². The Balaban J connectivity index is 1.38. The van der Waals surface area contributed by atoms with Gasteiger partial charge in [0.05, 0.1) is 11.6 Å². The molecule has 1 aliphatic heterocycles. The first-order chi connectivity index (χ1) is 13.7. The molecule has 0 aliphatic carbocycles. The Morgan fingerprint density at radius 3 is 2.75 bits per heavy atom. The van der Waals surface area contributed by atoms with Gasteiger partial charge in [-0.25, -0.2) is 9.97 Å². The summed E-state index contributed by atoms with van der Waals surface area (Å²) in [5.74, 6) is 2.29. The number of thiophene rings is 1. The van der Waals surface area contributed by atoms with Crippen LogP contribution in [0, 0.1) is 18.3 Å². The van der Waals surface area contributed by atoms with E-state index in [1.54, 1.807) is 36.1 Å². The molecule has 1 aliphatic rings. The number of nitrogens with zero attached hydrogens (tertiary/aromatic N) is 6. The average molecular weight is 392 g/mol. The fraction of sp³-hybridized carbons (Fsp3) is 0.263. The fourth-order valence-corrected chi connectivity index (χ4v) is 4.28. The molecular weight excluding hydrogens is 376 g/mol. The molecule has 0 radical (unpaired) electrons. The van der Waals surface area contributed by atoms with Crippen LogP contribution in [0.1, 0.15) is 10.6 Å². The summed E-state index contributed by atoms with van der Waals surface area (Å²) in [4.78, 5) is 19.7. The van der Waals surface area contributed by atoms with Crippen LogP contribution in [0.4, 0.5) is 11.7 Å². The van der Waals surface area contributed by atoms with Crippen LogP contribution in [-0.2, 0) is 0 Å². The maximum Gasteiger partial charge on any atom is 0.266 e. The van der Waals surface area contributed by atoms with Gasteiger partial charge >= 0.3 is 0 Å². The standard InChI is InChI=1S/C19H16N6O2S/c1-12-9-13-16(21-11-22-18(13)28-12)24-4-6-25(7-5-24)19-14(10-20)23-17(27-19)15-3-2-8-26-15/h2-3,8-9,11H,4-7H2,1H3. The first-order valence-electron chi connectivity index (χ1n) is 8.89. The van der Waals surface area contributed by atoms with Gasteiger partial charge in [0.15, 0.2) is 5.76 Å². The minimum absolute atomic E-state index is 0.276. The van der Waals surface area contributed by atoms with E-state index in [0.717, 1.165) is 29.1 Å². The molecule has 0 spiro atoms. The van der Waals surface area contributed by atoms with Crippen molar-refractivity contribution in [2.24, 2.45) is 0 Å². The van der Waals surface area contributed by atoms with E-state index in [4.69, 9.17) is 8.83 Å². The summed E-state index contributed by atoms with van der Waals surface area (Å²) >= 11 is 1.68. The summed E-state index contributed by atoms with van der Waals surface area (Å²) in [6.07, 6.45) is 3.18. The zero-order valence-electron chi connectivity index (χ0n) is 15.1. The number of piperazine rings is 1. The molecule has 1 saturated heterocycles. The topological polar surface area (TPSA) is 95.2 Å². The number of hydrogen-bond acceptors (Lipinski definition) is 9. The van der Waals surface area contributed by atoms with Crippen molar-refractivity contribution in [1.82, 2.24) is 15.0 Å². The van der Waals surface area contributed by atoms with Crippen molar-refractivity contribution in [1.29, 1.82) is 5.26 Å². The summed E-state index contributed by atoms with van der Waals surface area (Å²) in [5, 5.41) is 10.5. The minimum atomic E-state index is 0.276. The van der Waals surface area contributed by atoms with Crippen molar-refractivity contribution in [2.45, 2.75) is 6.92 Å². The molecular formula is C19H16N6O2S. The number of hydrogen-bond donors (Lipinski definition) is 0.